The van der Waals surface area contributed by atoms with E-state index in [1.165, 1.54) is 4.90 Å². The lowest BCUT2D eigenvalue weighted by atomic mass is 10.2. The number of carbonyl (C=O) groups is 1. The van der Waals surface area contributed by atoms with E-state index in [1.807, 2.05) is 30.3 Å². The van der Waals surface area contributed by atoms with Gasteiger partial charge >= 0.3 is 5.97 Å². The lowest BCUT2D eigenvalue weighted by molar-refractivity contribution is -0.145. The van der Waals surface area contributed by atoms with Crippen molar-refractivity contribution in [1.29, 1.82) is 5.41 Å². The van der Waals surface area contributed by atoms with Gasteiger partial charge in [-0.2, -0.15) is 0 Å². The Morgan fingerprint density at radius 3 is 2.62 bits per heavy atom. The van der Waals surface area contributed by atoms with Crippen LogP contribution in [0.25, 0.3) is 0 Å². The van der Waals surface area contributed by atoms with Gasteiger partial charge in [0.2, 0.25) is 0 Å². The number of nitrogens with two attached hydrogens (primary N) is 1. The van der Waals surface area contributed by atoms with Gasteiger partial charge in [-0.1, -0.05) is 30.3 Å². The number of carbonyl (C=O) groups excluding carboxylic acids is 1. The van der Waals surface area contributed by atoms with Crippen LogP contribution in [-0.4, -0.2) is 30.4 Å². The summed E-state index contributed by atoms with van der Waals surface area (Å²) >= 11 is 0. The molecule has 5 heteroatoms. The zero-order chi connectivity index (χ0) is 12.0. The van der Waals surface area contributed by atoms with Crippen molar-refractivity contribution < 1.29 is 9.53 Å². The molecule has 86 valence electrons. The molecular formula is C11H15N3O2. The van der Waals surface area contributed by atoms with Crippen molar-refractivity contribution in [2.24, 2.45) is 5.73 Å². The first-order valence-electron chi connectivity index (χ1n) is 4.84. The van der Waals surface area contributed by atoms with E-state index in [9.17, 15) is 4.79 Å². The van der Waals surface area contributed by atoms with E-state index in [-0.39, 0.29) is 19.1 Å². The molecule has 0 amide bonds. The minimum Gasteiger partial charge on any atom is -0.459 e. The maximum absolute atomic E-state index is 11.3. The summed E-state index contributed by atoms with van der Waals surface area (Å²) in [6, 6.07) is 9.41. The second-order valence-electron chi connectivity index (χ2n) is 3.39. The van der Waals surface area contributed by atoms with Gasteiger partial charge < -0.3 is 15.4 Å². The molecule has 1 aromatic rings. The van der Waals surface area contributed by atoms with Gasteiger partial charge in [-0.3, -0.25) is 10.2 Å². The van der Waals surface area contributed by atoms with Crippen LogP contribution in [0.1, 0.15) is 5.56 Å². The largest absolute Gasteiger partial charge is 0.459 e. The van der Waals surface area contributed by atoms with Crippen molar-refractivity contribution in [2.75, 3.05) is 13.6 Å². The van der Waals surface area contributed by atoms with Crippen LogP contribution >= 0.6 is 0 Å². The standard InChI is InChI=1S/C11H15N3O2/c1-14(11(12)13)7-10(15)16-8-9-5-3-2-4-6-9/h2-6H,7-8H2,1H3,(H3,12,13). The SMILES string of the molecule is CN(CC(=O)OCc1ccccc1)C(=N)N. The maximum Gasteiger partial charge on any atom is 0.325 e. The number of likely N-dealkylation sites (N-methyl/N-ethyl adjacent to an activating group) is 1. The number of benzene rings is 1. The molecule has 1 rings (SSSR count). The maximum atomic E-state index is 11.3. The fourth-order valence-corrected chi connectivity index (χ4v) is 1.06. The summed E-state index contributed by atoms with van der Waals surface area (Å²) in [5.74, 6) is -0.557. The monoisotopic (exact) mass is 221 g/mol. The Bertz CT molecular complexity index is 365. The van der Waals surface area contributed by atoms with Crippen molar-refractivity contribution in [3.63, 3.8) is 0 Å². The average Bonchev–Trinajstić information content (AvgIpc) is 2.27. The highest BCUT2D eigenvalue weighted by Gasteiger charge is 2.08. The molecule has 0 spiro atoms. The van der Waals surface area contributed by atoms with Crippen LogP contribution in [0.15, 0.2) is 30.3 Å². The first-order valence-corrected chi connectivity index (χ1v) is 4.84. The van der Waals surface area contributed by atoms with Crippen molar-refractivity contribution in [1.82, 2.24) is 4.90 Å². The number of hydrogen-bond acceptors (Lipinski definition) is 3. The number of ether oxygens (including phenoxy) is 1. The zero-order valence-electron chi connectivity index (χ0n) is 9.14. The molecule has 0 unspecified atom stereocenters. The summed E-state index contributed by atoms with van der Waals surface area (Å²) in [5, 5.41) is 7.09. The van der Waals surface area contributed by atoms with E-state index in [0.29, 0.717) is 0 Å². The van der Waals surface area contributed by atoms with E-state index in [1.54, 1.807) is 7.05 Å². The molecule has 0 aromatic heterocycles. The summed E-state index contributed by atoms with van der Waals surface area (Å²) in [7, 11) is 1.56. The predicted octanol–water partition coefficient (Wildman–Crippen LogP) is 0.555. The van der Waals surface area contributed by atoms with Gasteiger partial charge in [0.25, 0.3) is 0 Å². The van der Waals surface area contributed by atoms with Gasteiger partial charge in [0.05, 0.1) is 0 Å². The van der Waals surface area contributed by atoms with E-state index in [2.05, 4.69) is 0 Å². The molecule has 0 aliphatic heterocycles. The van der Waals surface area contributed by atoms with Gasteiger partial charge in [0, 0.05) is 7.05 Å². The van der Waals surface area contributed by atoms with Crippen molar-refractivity contribution in [3.8, 4) is 0 Å². The molecule has 5 nitrogen and oxygen atoms in total. The van der Waals surface area contributed by atoms with Gasteiger partial charge in [-0.25, -0.2) is 0 Å². The Labute approximate surface area is 94.3 Å². The van der Waals surface area contributed by atoms with Crippen LogP contribution in [-0.2, 0) is 16.1 Å². The number of rotatable bonds is 4. The Kier molecular flexibility index (Phi) is 4.32. The number of nitrogens with zero attached hydrogens (tertiary/aromatic N) is 1. The minimum absolute atomic E-state index is 0.0117. The third-order valence-corrected chi connectivity index (χ3v) is 2.02. The highest BCUT2D eigenvalue weighted by Crippen LogP contribution is 2.00. The number of nitrogens with one attached hydrogen (secondary N) is 1. The molecule has 0 aliphatic carbocycles. The van der Waals surface area contributed by atoms with Crippen molar-refractivity contribution in [2.45, 2.75) is 6.61 Å². The lowest BCUT2D eigenvalue weighted by Gasteiger charge is -2.15. The van der Waals surface area contributed by atoms with E-state index >= 15 is 0 Å². The van der Waals surface area contributed by atoms with Gasteiger partial charge in [0.1, 0.15) is 13.2 Å². The smallest absolute Gasteiger partial charge is 0.325 e. The second-order valence-corrected chi connectivity index (χ2v) is 3.39. The van der Waals surface area contributed by atoms with Crippen LogP contribution in [0, 0.1) is 5.41 Å². The summed E-state index contributed by atoms with van der Waals surface area (Å²) in [4.78, 5) is 12.6. The third kappa shape index (κ3) is 4.00. The van der Waals surface area contributed by atoms with E-state index < -0.39 is 5.97 Å². The Morgan fingerprint density at radius 1 is 1.44 bits per heavy atom. The summed E-state index contributed by atoms with van der Waals surface area (Å²) < 4.78 is 5.02. The topological polar surface area (TPSA) is 79.4 Å². The van der Waals surface area contributed by atoms with E-state index in [0.717, 1.165) is 5.56 Å². The fraction of sp³-hybridized carbons (Fsp3) is 0.273. The van der Waals surface area contributed by atoms with E-state index in [4.69, 9.17) is 15.9 Å². The molecule has 0 saturated heterocycles. The van der Waals surface area contributed by atoms with Crippen LogP contribution in [0.4, 0.5) is 0 Å². The molecule has 3 N–H and O–H groups in total. The molecule has 1 aromatic carbocycles. The van der Waals surface area contributed by atoms with Crippen LogP contribution in [0.2, 0.25) is 0 Å². The second kappa shape index (κ2) is 5.75. The Balaban J connectivity index is 2.33. The summed E-state index contributed by atoms with van der Waals surface area (Å²) in [6.07, 6.45) is 0. The molecule has 0 heterocycles. The first-order chi connectivity index (χ1) is 7.59. The quantitative estimate of drug-likeness (QED) is 0.442. The van der Waals surface area contributed by atoms with Gasteiger partial charge in [-0.05, 0) is 5.56 Å². The third-order valence-electron chi connectivity index (χ3n) is 2.02. The average molecular weight is 221 g/mol. The Morgan fingerprint density at radius 2 is 2.06 bits per heavy atom. The predicted molar refractivity (Wildman–Crippen MR) is 60.8 cm³/mol. The van der Waals surface area contributed by atoms with Crippen molar-refractivity contribution in [3.05, 3.63) is 35.9 Å². The normalized spacial score (nSPS) is 9.56. The fourth-order valence-electron chi connectivity index (χ4n) is 1.06. The van der Waals surface area contributed by atoms with Crippen LogP contribution in [0.3, 0.4) is 0 Å². The molecule has 0 aliphatic rings. The lowest BCUT2D eigenvalue weighted by Crippen LogP contribution is -2.37. The van der Waals surface area contributed by atoms with Gasteiger partial charge in [0.15, 0.2) is 5.96 Å². The molecule has 0 saturated carbocycles. The van der Waals surface area contributed by atoms with Crippen LogP contribution in [0.5, 0.6) is 0 Å². The first kappa shape index (κ1) is 12.0. The zero-order valence-corrected chi connectivity index (χ0v) is 9.14. The number of guanidine groups is 1. The van der Waals surface area contributed by atoms with Gasteiger partial charge in [-0.15, -0.1) is 0 Å². The molecule has 0 bridgehead atoms. The molecule has 0 fully saturated rings. The molecule has 0 radical (unpaired) electrons. The number of hydrogen-bond donors (Lipinski definition) is 2. The summed E-state index contributed by atoms with van der Waals surface area (Å²) in [6.45, 7) is 0.230. The van der Waals surface area contributed by atoms with Crippen molar-refractivity contribution >= 4 is 11.9 Å². The molecular weight excluding hydrogens is 206 g/mol. The molecule has 16 heavy (non-hydrogen) atoms. The highest BCUT2D eigenvalue weighted by atomic mass is 16.5. The minimum atomic E-state index is -0.401. The van der Waals surface area contributed by atoms with Crippen LogP contribution < -0.4 is 5.73 Å². The summed E-state index contributed by atoms with van der Waals surface area (Å²) in [5.41, 5.74) is 6.12. The molecule has 0 atom stereocenters. The Hall–Kier alpha value is -2.04. The highest BCUT2D eigenvalue weighted by molar-refractivity contribution is 5.80. The number of esters is 1.